The summed E-state index contributed by atoms with van der Waals surface area (Å²) in [5.41, 5.74) is 2.11. The van der Waals surface area contributed by atoms with Crippen molar-refractivity contribution < 1.29 is 23.5 Å². The Morgan fingerprint density at radius 3 is 1.79 bits per heavy atom. The Morgan fingerprint density at radius 1 is 0.857 bits per heavy atom. The Bertz CT molecular complexity index is 588. The molecule has 0 aliphatic heterocycles. The molecule has 0 aromatic heterocycles. The van der Waals surface area contributed by atoms with Crippen molar-refractivity contribution in [3.63, 3.8) is 0 Å². The molecule has 0 spiro atoms. The van der Waals surface area contributed by atoms with Crippen LogP contribution in [-0.2, 0) is 16.0 Å². The summed E-state index contributed by atoms with van der Waals surface area (Å²) < 4.78 is 25.8. The Balaban J connectivity index is 1.93. The fraction of sp³-hybridized carbons (Fsp3) is 0.636. The van der Waals surface area contributed by atoms with Gasteiger partial charge in [-0.3, -0.25) is 4.79 Å². The molecule has 1 amide bonds. The lowest BCUT2D eigenvalue weighted by Gasteiger charge is -2.10. The second-order valence-electron chi connectivity index (χ2n) is 7.42. The van der Waals surface area contributed by atoms with Crippen LogP contribution in [0.5, 0.6) is 0 Å². The highest BCUT2D eigenvalue weighted by atomic mass is 19.3. The number of benzene rings is 1. The number of halogens is 2. The Hall–Kier alpha value is -1.98. The highest BCUT2D eigenvalue weighted by molar-refractivity contribution is 5.88. The molecule has 0 unspecified atom stereocenters. The highest BCUT2D eigenvalue weighted by Gasteiger charge is 2.37. The van der Waals surface area contributed by atoms with Crippen LogP contribution in [0.1, 0.15) is 83.1 Å². The normalized spacial score (nSPS) is 11.4. The van der Waals surface area contributed by atoms with Crippen molar-refractivity contribution in [2.45, 2.75) is 89.9 Å². The second kappa shape index (κ2) is 13.2. The number of amides is 1. The van der Waals surface area contributed by atoms with E-state index in [-0.39, 0.29) is 12.3 Å². The Labute approximate surface area is 166 Å². The van der Waals surface area contributed by atoms with E-state index in [4.69, 9.17) is 5.11 Å². The van der Waals surface area contributed by atoms with Gasteiger partial charge in [-0.15, -0.1) is 0 Å². The molecule has 1 aromatic rings. The van der Waals surface area contributed by atoms with Crippen LogP contribution in [0, 0.1) is 0 Å². The maximum Gasteiger partial charge on any atom is 0.374 e. The van der Waals surface area contributed by atoms with Gasteiger partial charge in [-0.05, 0) is 37.0 Å². The van der Waals surface area contributed by atoms with Gasteiger partial charge in [0.05, 0.1) is 0 Å². The number of carbonyl (C=O) groups is 2. The maximum absolute atomic E-state index is 12.9. The van der Waals surface area contributed by atoms with Crippen molar-refractivity contribution in [2.75, 3.05) is 5.32 Å². The first kappa shape index (κ1) is 24.1. The summed E-state index contributed by atoms with van der Waals surface area (Å²) in [5.74, 6) is -5.66. The van der Waals surface area contributed by atoms with Crippen LogP contribution >= 0.6 is 0 Å². The molecule has 0 saturated heterocycles. The van der Waals surface area contributed by atoms with E-state index in [1.165, 1.54) is 31.7 Å². The van der Waals surface area contributed by atoms with Gasteiger partial charge in [0, 0.05) is 19.0 Å². The number of carbonyl (C=O) groups excluding carboxylic acids is 1. The number of carboxylic acid groups (broad SMARTS) is 1. The fourth-order valence-electron chi connectivity index (χ4n) is 3.16. The first-order valence-electron chi connectivity index (χ1n) is 10.3. The molecule has 0 aliphatic rings. The number of anilines is 1. The van der Waals surface area contributed by atoms with E-state index in [1.54, 1.807) is 0 Å². The molecule has 158 valence electrons. The highest BCUT2D eigenvalue weighted by Crippen LogP contribution is 2.22. The number of hydrogen-bond acceptors (Lipinski definition) is 2. The van der Waals surface area contributed by atoms with Crippen molar-refractivity contribution in [3.8, 4) is 0 Å². The minimum Gasteiger partial charge on any atom is -0.477 e. The van der Waals surface area contributed by atoms with Crippen molar-refractivity contribution in [2.24, 2.45) is 0 Å². The van der Waals surface area contributed by atoms with Gasteiger partial charge < -0.3 is 10.4 Å². The molecule has 0 radical (unpaired) electrons. The number of alkyl halides is 2. The predicted molar refractivity (Wildman–Crippen MR) is 108 cm³/mol. The minimum absolute atomic E-state index is 0.0625. The van der Waals surface area contributed by atoms with Gasteiger partial charge >= 0.3 is 11.9 Å². The number of nitrogens with one attached hydrogen (secondary N) is 1. The van der Waals surface area contributed by atoms with Crippen molar-refractivity contribution in [3.05, 3.63) is 29.8 Å². The van der Waals surface area contributed by atoms with E-state index in [0.29, 0.717) is 6.42 Å². The van der Waals surface area contributed by atoms with E-state index < -0.39 is 18.3 Å². The Morgan fingerprint density at radius 2 is 1.32 bits per heavy atom. The van der Waals surface area contributed by atoms with E-state index in [9.17, 15) is 18.4 Å². The zero-order valence-electron chi connectivity index (χ0n) is 16.8. The number of unbranched alkanes of at least 4 members (excludes halogenated alkanes) is 9. The van der Waals surface area contributed by atoms with Crippen molar-refractivity contribution >= 4 is 17.6 Å². The number of rotatable bonds is 15. The zero-order valence-corrected chi connectivity index (χ0v) is 16.8. The molecule has 0 aliphatic carbocycles. The molecule has 0 fully saturated rings. The van der Waals surface area contributed by atoms with E-state index >= 15 is 0 Å². The molecule has 0 atom stereocenters. The van der Waals surface area contributed by atoms with Crippen molar-refractivity contribution in [1.29, 1.82) is 0 Å². The van der Waals surface area contributed by atoms with Crippen LogP contribution in [0.4, 0.5) is 14.5 Å². The summed E-state index contributed by atoms with van der Waals surface area (Å²) >= 11 is 0. The van der Waals surface area contributed by atoms with Crippen LogP contribution in [0.3, 0.4) is 0 Å². The third-order valence-electron chi connectivity index (χ3n) is 4.79. The van der Waals surface area contributed by atoms with E-state index in [1.807, 2.05) is 12.1 Å². The summed E-state index contributed by atoms with van der Waals surface area (Å²) in [7, 11) is 0. The lowest BCUT2D eigenvalue weighted by molar-refractivity contribution is -0.165. The van der Waals surface area contributed by atoms with Crippen molar-refractivity contribution in [1.82, 2.24) is 0 Å². The van der Waals surface area contributed by atoms with Crippen LogP contribution < -0.4 is 5.32 Å². The molecule has 28 heavy (non-hydrogen) atoms. The van der Waals surface area contributed by atoms with Gasteiger partial charge in [-0.1, -0.05) is 63.5 Å². The van der Waals surface area contributed by atoms with Crippen LogP contribution in [-0.4, -0.2) is 22.9 Å². The number of aliphatic carboxylic acids is 1. The lowest BCUT2D eigenvalue weighted by Crippen LogP contribution is -2.27. The monoisotopic (exact) mass is 397 g/mol. The molecule has 2 N–H and O–H groups in total. The van der Waals surface area contributed by atoms with Gasteiger partial charge in [-0.25, -0.2) is 4.79 Å². The molecular weight excluding hydrogens is 364 g/mol. The number of aryl methyl sites for hydroxylation is 1. The molecule has 0 bridgehead atoms. The van der Waals surface area contributed by atoms with Gasteiger partial charge in [-0.2, -0.15) is 8.78 Å². The summed E-state index contributed by atoms with van der Waals surface area (Å²) in [6.45, 7) is 1.50. The summed E-state index contributed by atoms with van der Waals surface area (Å²) in [6.07, 6.45) is 10.4. The van der Waals surface area contributed by atoms with E-state index in [2.05, 4.69) is 17.4 Å². The number of carboxylic acids is 1. The fourth-order valence-corrected chi connectivity index (χ4v) is 3.16. The van der Waals surface area contributed by atoms with Gasteiger partial charge in [0.2, 0.25) is 5.91 Å². The summed E-state index contributed by atoms with van der Waals surface area (Å²) in [4.78, 5) is 21.3. The van der Waals surface area contributed by atoms with Gasteiger partial charge in [0.25, 0.3) is 0 Å². The van der Waals surface area contributed by atoms with Gasteiger partial charge in [0.15, 0.2) is 0 Å². The maximum atomic E-state index is 12.9. The predicted octanol–water partition coefficient (Wildman–Crippen LogP) is 6.20. The SMILES string of the molecule is CC(=O)Nc1ccc(CCCCCCCCCCCCC(F)(F)C(=O)O)cc1. The molecule has 0 saturated carbocycles. The third-order valence-corrected chi connectivity index (χ3v) is 4.79. The average molecular weight is 398 g/mol. The quantitative estimate of drug-likeness (QED) is 0.346. The van der Waals surface area contributed by atoms with Crippen LogP contribution in [0.25, 0.3) is 0 Å². The molecule has 1 rings (SSSR count). The second-order valence-corrected chi connectivity index (χ2v) is 7.42. The molecular formula is C22H33F2NO3. The average Bonchev–Trinajstić information content (AvgIpc) is 2.63. The lowest BCUT2D eigenvalue weighted by atomic mass is 10.0. The smallest absolute Gasteiger partial charge is 0.374 e. The zero-order chi connectivity index (χ0) is 20.8. The topological polar surface area (TPSA) is 66.4 Å². The third kappa shape index (κ3) is 11.0. The van der Waals surface area contributed by atoms with Gasteiger partial charge in [0.1, 0.15) is 0 Å². The molecule has 0 heterocycles. The van der Waals surface area contributed by atoms with Crippen LogP contribution in [0.15, 0.2) is 24.3 Å². The van der Waals surface area contributed by atoms with Crippen LogP contribution in [0.2, 0.25) is 0 Å². The minimum atomic E-state index is -3.58. The summed E-state index contributed by atoms with van der Waals surface area (Å²) in [6, 6.07) is 7.97. The molecule has 6 heteroatoms. The molecule has 1 aromatic carbocycles. The first-order valence-corrected chi connectivity index (χ1v) is 10.3. The molecule has 4 nitrogen and oxygen atoms in total. The number of hydrogen-bond donors (Lipinski definition) is 2. The first-order chi connectivity index (χ1) is 13.3. The largest absolute Gasteiger partial charge is 0.477 e. The van der Waals surface area contributed by atoms with E-state index in [0.717, 1.165) is 44.2 Å². The summed E-state index contributed by atoms with van der Waals surface area (Å²) in [5, 5.41) is 11.1. The standard InChI is InChI=1S/C22H33F2NO3/c1-18(26)25-20-15-13-19(14-16-20)12-10-8-6-4-2-3-5-7-9-11-17-22(23,24)21(27)28/h13-16H,2-12,17H2,1H3,(H,25,26)(H,27,28). The Kier molecular flexibility index (Phi) is 11.4.